The number of phenolic OH excluding ortho intramolecular Hbond substituents is 1. The molecule has 0 unspecified atom stereocenters. The van der Waals surface area contributed by atoms with Crippen molar-refractivity contribution in [3.05, 3.63) is 42.0 Å². The molecule has 0 saturated carbocycles. The summed E-state index contributed by atoms with van der Waals surface area (Å²) < 4.78 is 5.24. The average molecular weight is 287 g/mol. The maximum absolute atomic E-state index is 12.4. The van der Waals surface area contributed by atoms with E-state index in [0.29, 0.717) is 18.7 Å². The Morgan fingerprint density at radius 3 is 2.71 bits per heavy atom. The Bertz CT molecular complexity index is 686. The van der Waals surface area contributed by atoms with Crippen LogP contribution >= 0.6 is 0 Å². The number of hydrogen-bond acceptors (Lipinski definition) is 4. The molecule has 1 amide bonds. The molecule has 1 aliphatic heterocycles. The summed E-state index contributed by atoms with van der Waals surface area (Å²) in [6.45, 7) is 0.592. The number of aliphatic hydroxyl groups excluding tert-OH is 1. The third-order valence-corrected chi connectivity index (χ3v) is 4.05. The fourth-order valence-electron chi connectivity index (χ4n) is 2.68. The first-order chi connectivity index (χ1) is 10.1. The Kier molecular flexibility index (Phi) is 3.31. The number of carbonyl (C=O) groups excluding carboxylic acids is 1. The van der Waals surface area contributed by atoms with Gasteiger partial charge in [0.1, 0.15) is 11.4 Å². The number of likely N-dealkylation sites (tertiary alicyclic amines) is 1. The summed E-state index contributed by atoms with van der Waals surface area (Å²) in [5.41, 5.74) is -0.206. The van der Waals surface area contributed by atoms with Crippen molar-refractivity contribution < 1.29 is 19.7 Å². The Labute approximate surface area is 122 Å². The average Bonchev–Trinajstić information content (AvgIpc) is 2.47. The van der Waals surface area contributed by atoms with E-state index in [2.05, 4.69) is 0 Å². The molecule has 0 radical (unpaired) electrons. The SMILES string of the molecule is COC1(CO)CN(C(=O)c2cc(O)c3ccccc3c2)C1. The minimum Gasteiger partial charge on any atom is -0.507 e. The number of ether oxygens (including phenoxy) is 1. The second kappa shape index (κ2) is 5.02. The fourth-order valence-corrected chi connectivity index (χ4v) is 2.68. The fraction of sp³-hybridized carbons (Fsp3) is 0.312. The van der Waals surface area contributed by atoms with Crippen LogP contribution in [0.4, 0.5) is 0 Å². The van der Waals surface area contributed by atoms with Crippen LogP contribution in [0.25, 0.3) is 10.8 Å². The van der Waals surface area contributed by atoms with Crippen LogP contribution in [-0.4, -0.2) is 53.4 Å². The van der Waals surface area contributed by atoms with Crippen LogP contribution in [0.15, 0.2) is 36.4 Å². The first-order valence-corrected chi connectivity index (χ1v) is 6.76. The standard InChI is InChI=1S/C16H17NO4/c1-21-16(10-18)8-17(9-16)15(20)12-6-11-4-2-3-5-13(11)14(19)7-12/h2-7,18-19H,8-10H2,1H3. The normalized spacial score (nSPS) is 16.8. The van der Waals surface area contributed by atoms with Gasteiger partial charge in [0.25, 0.3) is 5.91 Å². The third kappa shape index (κ3) is 2.24. The highest BCUT2D eigenvalue weighted by molar-refractivity contribution is 6.01. The van der Waals surface area contributed by atoms with Gasteiger partial charge in [-0.2, -0.15) is 0 Å². The number of rotatable bonds is 3. The zero-order valence-electron chi connectivity index (χ0n) is 11.7. The van der Waals surface area contributed by atoms with Gasteiger partial charge in [0.15, 0.2) is 0 Å². The highest BCUT2D eigenvalue weighted by Gasteiger charge is 2.45. The van der Waals surface area contributed by atoms with Crippen molar-refractivity contribution in [3.8, 4) is 5.75 Å². The lowest BCUT2D eigenvalue weighted by molar-refractivity contribution is -0.133. The second-order valence-electron chi connectivity index (χ2n) is 5.42. The van der Waals surface area contributed by atoms with Crippen molar-refractivity contribution in [2.75, 3.05) is 26.8 Å². The molecule has 5 nitrogen and oxygen atoms in total. The molecule has 1 aliphatic rings. The van der Waals surface area contributed by atoms with Crippen molar-refractivity contribution in [3.63, 3.8) is 0 Å². The maximum Gasteiger partial charge on any atom is 0.254 e. The van der Waals surface area contributed by atoms with Crippen LogP contribution < -0.4 is 0 Å². The molecule has 0 spiro atoms. The number of nitrogens with zero attached hydrogens (tertiary/aromatic N) is 1. The number of amides is 1. The Morgan fingerprint density at radius 2 is 2.05 bits per heavy atom. The number of aromatic hydroxyl groups is 1. The van der Waals surface area contributed by atoms with Gasteiger partial charge in [0, 0.05) is 18.1 Å². The lowest BCUT2D eigenvalue weighted by atomic mass is 9.93. The van der Waals surface area contributed by atoms with E-state index in [9.17, 15) is 15.0 Å². The van der Waals surface area contributed by atoms with E-state index >= 15 is 0 Å². The molecule has 2 N–H and O–H groups in total. The van der Waals surface area contributed by atoms with Crippen LogP contribution in [0.1, 0.15) is 10.4 Å². The molecule has 5 heteroatoms. The number of hydrogen-bond donors (Lipinski definition) is 2. The number of aliphatic hydroxyl groups is 1. The van der Waals surface area contributed by atoms with Crippen LogP contribution in [0, 0.1) is 0 Å². The Morgan fingerprint density at radius 1 is 1.33 bits per heavy atom. The molecule has 0 aliphatic carbocycles. The number of benzene rings is 2. The minimum absolute atomic E-state index is 0.0946. The van der Waals surface area contributed by atoms with Gasteiger partial charge in [-0.05, 0) is 17.5 Å². The first kappa shape index (κ1) is 13.9. The number of phenols is 1. The van der Waals surface area contributed by atoms with Crippen molar-refractivity contribution in [1.82, 2.24) is 4.90 Å². The molecule has 110 valence electrons. The van der Waals surface area contributed by atoms with E-state index in [1.54, 1.807) is 11.0 Å². The van der Waals surface area contributed by atoms with E-state index in [4.69, 9.17) is 4.74 Å². The molecule has 2 aromatic rings. The molecule has 21 heavy (non-hydrogen) atoms. The van der Waals surface area contributed by atoms with Crippen molar-refractivity contribution in [2.45, 2.75) is 5.60 Å². The van der Waals surface area contributed by atoms with Crippen molar-refractivity contribution in [1.29, 1.82) is 0 Å². The summed E-state index contributed by atoms with van der Waals surface area (Å²) in [5.74, 6) is -0.0747. The Hall–Kier alpha value is -2.11. The topological polar surface area (TPSA) is 70.0 Å². The van der Waals surface area contributed by atoms with Crippen LogP contribution in [0.5, 0.6) is 5.75 Å². The molecule has 0 aromatic heterocycles. The summed E-state index contributed by atoms with van der Waals surface area (Å²) >= 11 is 0. The van der Waals surface area contributed by atoms with E-state index in [0.717, 1.165) is 10.8 Å². The predicted molar refractivity (Wildman–Crippen MR) is 78.3 cm³/mol. The van der Waals surface area contributed by atoms with Gasteiger partial charge in [-0.3, -0.25) is 4.79 Å². The second-order valence-corrected chi connectivity index (χ2v) is 5.42. The molecule has 1 fully saturated rings. The quantitative estimate of drug-likeness (QED) is 0.894. The lowest BCUT2D eigenvalue weighted by Gasteiger charge is -2.47. The smallest absolute Gasteiger partial charge is 0.254 e. The molecule has 1 heterocycles. The van der Waals surface area contributed by atoms with Gasteiger partial charge in [-0.25, -0.2) is 0 Å². The lowest BCUT2D eigenvalue weighted by Crippen LogP contribution is -2.66. The molecular weight excluding hydrogens is 270 g/mol. The van der Waals surface area contributed by atoms with Gasteiger partial charge >= 0.3 is 0 Å². The third-order valence-electron chi connectivity index (χ3n) is 4.05. The summed E-state index contributed by atoms with van der Waals surface area (Å²) in [6, 6.07) is 10.6. The molecule has 3 rings (SSSR count). The monoisotopic (exact) mass is 287 g/mol. The van der Waals surface area contributed by atoms with Crippen LogP contribution in [0.3, 0.4) is 0 Å². The molecule has 0 atom stereocenters. The summed E-state index contributed by atoms with van der Waals surface area (Å²) in [7, 11) is 1.53. The van der Waals surface area contributed by atoms with Crippen molar-refractivity contribution in [2.24, 2.45) is 0 Å². The van der Waals surface area contributed by atoms with Crippen molar-refractivity contribution >= 4 is 16.7 Å². The zero-order valence-corrected chi connectivity index (χ0v) is 11.7. The summed E-state index contributed by atoms with van der Waals surface area (Å²) in [6.07, 6.45) is 0. The molecule has 0 bridgehead atoms. The molecular formula is C16H17NO4. The predicted octanol–water partition coefficient (Wildman–Crippen LogP) is 1.38. The van der Waals surface area contributed by atoms with Crippen LogP contribution in [0.2, 0.25) is 0 Å². The minimum atomic E-state index is -0.644. The number of carbonyl (C=O) groups is 1. The molecule has 1 saturated heterocycles. The zero-order chi connectivity index (χ0) is 15.0. The van der Waals surface area contributed by atoms with Gasteiger partial charge in [-0.1, -0.05) is 24.3 Å². The van der Waals surface area contributed by atoms with E-state index in [-0.39, 0.29) is 18.3 Å². The first-order valence-electron chi connectivity index (χ1n) is 6.76. The van der Waals surface area contributed by atoms with Gasteiger partial charge in [0.2, 0.25) is 0 Å². The summed E-state index contributed by atoms with van der Waals surface area (Å²) in [5, 5.41) is 20.9. The molecule has 2 aromatic carbocycles. The van der Waals surface area contributed by atoms with Gasteiger partial charge in [-0.15, -0.1) is 0 Å². The van der Waals surface area contributed by atoms with E-state index in [1.165, 1.54) is 13.2 Å². The van der Waals surface area contributed by atoms with Gasteiger partial charge < -0.3 is 19.8 Å². The Balaban J connectivity index is 1.86. The van der Waals surface area contributed by atoms with E-state index < -0.39 is 5.60 Å². The van der Waals surface area contributed by atoms with E-state index in [1.807, 2.05) is 24.3 Å². The summed E-state index contributed by atoms with van der Waals surface area (Å²) in [4.78, 5) is 14.0. The maximum atomic E-state index is 12.4. The highest BCUT2D eigenvalue weighted by Crippen LogP contribution is 2.30. The highest BCUT2D eigenvalue weighted by atomic mass is 16.5. The van der Waals surface area contributed by atoms with Gasteiger partial charge in [0.05, 0.1) is 19.7 Å². The number of methoxy groups -OCH3 is 1. The largest absolute Gasteiger partial charge is 0.507 e. The van der Waals surface area contributed by atoms with Crippen LogP contribution in [-0.2, 0) is 4.74 Å². The number of fused-ring (bicyclic) bond motifs is 1.